The molecule has 0 saturated carbocycles. The van der Waals surface area contributed by atoms with E-state index >= 15 is 0 Å². The van der Waals surface area contributed by atoms with Gasteiger partial charge in [0.1, 0.15) is 10.8 Å². The highest BCUT2D eigenvalue weighted by molar-refractivity contribution is 7.20. The third-order valence-corrected chi connectivity index (χ3v) is 6.10. The first-order valence-electron chi connectivity index (χ1n) is 8.23. The van der Waals surface area contributed by atoms with Crippen molar-refractivity contribution in [2.24, 2.45) is 5.92 Å². The molecule has 1 atom stereocenters. The Balaban J connectivity index is 1.29. The molecule has 1 aromatic carbocycles. The Morgan fingerprint density at radius 1 is 1.24 bits per heavy atom. The third-order valence-electron chi connectivity index (χ3n) is 4.17. The van der Waals surface area contributed by atoms with Crippen molar-refractivity contribution in [3.8, 4) is 15.6 Å². The molecule has 1 N–H and O–H groups in total. The number of hydrogen-bond donors (Lipinski definition) is 1. The standard InChI is InChI=1S/C19H18N2O2S2/c22-18(9-15-12-25-19(21-15)17-6-3-7-24-17)20-10-13-8-14-4-1-2-5-16(14)23-11-13/h1-7,12-13H,8-11H2,(H,20,22)/t13-/m0/s1. The summed E-state index contributed by atoms with van der Waals surface area (Å²) in [6, 6.07) is 12.2. The van der Waals surface area contributed by atoms with Crippen molar-refractivity contribution in [1.29, 1.82) is 0 Å². The highest BCUT2D eigenvalue weighted by Gasteiger charge is 2.20. The molecule has 0 fully saturated rings. The lowest BCUT2D eigenvalue weighted by atomic mass is 9.97. The molecule has 3 heterocycles. The third kappa shape index (κ3) is 3.91. The van der Waals surface area contributed by atoms with Crippen LogP contribution in [0, 0.1) is 5.92 Å². The van der Waals surface area contributed by atoms with E-state index in [1.54, 1.807) is 22.7 Å². The zero-order valence-corrected chi connectivity index (χ0v) is 15.2. The highest BCUT2D eigenvalue weighted by Crippen LogP contribution is 2.28. The number of ether oxygens (including phenoxy) is 1. The molecule has 0 aliphatic carbocycles. The van der Waals surface area contributed by atoms with Crippen molar-refractivity contribution in [3.05, 3.63) is 58.4 Å². The first kappa shape index (κ1) is 16.3. The van der Waals surface area contributed by atoms with E-state index in [-0.39, 0.29) is 5.91 Å². The molecular weight excluding hydrogens is 352 g/mol. The van der Waals surface area contributed by atoms with Crippen LogP contribution in [0.1, 0.15) is 11.3 Å². The molecule has 0 bridgehead atoms. The number of benzene rings is 1. The number of rotatable bonds is 5. The van der Waals surface area contributed by atoms with Crippen LogP contribution in [0.4, 0.5) is 0 Å². The van der Waals surface area contributed by atoms with Crippen molar-refractivity contribution in [3.63, 3.8) is 0 Å². The second kappa shape index (κ2) is 7.37. The van der Waals surface area contributed by atoms with Crippen LogP contribution >= 0.6 is 22.7 Å². The maximum Gasteiger partial charge on any atom is 0.226 e. The van der Waals surface area contributed by atoms with Crippen molar-refractivity contribution >= 4 is 28.6 Å². The van der Waals surface area contributed by atoms with Crippen LogP contribution in [0.5, 0.6) is 5.75 Å². The molecule has 128 valence electrons. The number of para-hydroxylation sites is 1. The van der Waals surface area contributed by atoms with Gasteiger partial charge in [-0.05, 0) is 29.5 Å². The molecule has 0 unspecified atom stereocenters. The fourth-order valence-electron chi connectivity index (χ4n) is 2.91. The first-order chi connectivity index (χ1) is 12.3. The minimum absolute atomic E-state index is 0.0156. The zero-order valence-electron chi connectivity index (χ0n) is 13.6. The Kier molecular flexibility index (Phi) is 4.81. The largest absolute Gasteiger partial charge is 0.493 e. The lowest BCUT2D eigenvalue weighted by Gasteiger charge is -2.25. The summed E-state index contributed by atoms with van der Waals surface area (Å²) in [6.07, 6.45) is 1.27. The molecule has 1 aliphatic rings. The normalized spacial score (nSPS) is 16.1. The van der Waals surface area contributed by atoms with E-state index in [0.717, 1.165) is 27.7 Å². The van der Waals surface area contributed by atoms with Crippen molar-refractivity contribution in [1.82, 2.24) is 10.3 Å². The summed E-state index contributed by atoms with van der Waals surface area (Å²) in [4.78, 5) is 17.9. The van der Waals surface area contributed by atoms with Crippen molar-refractivity contribution in [2.75, 3.05) is 13.2 Å². The van der Waals surface area contributed by atoms with Gasteiger partial charge in [-0.25, -0.2) is 4.98 Å². The Morgan fingerprint density at radius 2 is 2.16 bits per heavy atom. The second-order valence-electron chi connectivity index (χ2n) is 6.09. The lowest BCUT2D eigenvalue weighted by molar-refractivity contribution is -0.120. The number of amides is 1. The van der Waals surface area contributed by atoms with E-state index in [1.807, 2.05) is 41.1 Å². The average Bonchev–Trinajstić information content (AvgIpc) is 3.31. The molecule has 0 spiro atoms. The van der Waals surface area contributed by atoms with Gasteiger partial charge >= 0.3 is 0 Å². The summed E-state index contributed by atoms with van der Waals surface area (Å²) in [5.41, 5.74) is 2.05. The first-order valence-corrected chi connectivity index (χ1v) is 9.99. The molecule has 0 saturated heterocycles. The van der Waals surface area contributed by atoms with Crippen LogP contribution in [0.25, 0.3) is 9.88 Å². The van der Waals surface area contributed by atoms with E-state index in [9.17, 15) is 4.79 Å². The van der Waals surface area contributed by atoms with Crippen LogP contribution in [-0.4, -0.2) is 24.0 Å². The summed E-state index contributed by atoms with van der Waals surface area (Å²) >= 11 is 3.25. The van der Waals surface area contributed by atoms with Gasteiger partial charge in [-0.1, -0.05) is 24.3 Å². The second-order valence-corrected chi connectivity index (χ2v) is 7.90. The minimum atomic E-state index is 0.0156. The van der Waals surface area contributed by atoms with Crippen LogP contribution in [0.2, 0.25) is 0 Å². The summed E-state index contributed by atoms with van der Waals surface area (Å²) in [6.45, 7) is 1.28. The van der Waals surface area contributed by atoms with Gasteiger partial charge in [0.15, 0.2) is 0 Å². The van der Waals surface area contributed by atoms with E-state index < -0.39 is 0 Å². The Labute approximate surface area is 154 Å². The predicted molar refractivity (Wildman–Crippen MR) is 101 cm³/mol. The Bertz CT molecular complexity index is 858. The van der Waals surface area contributed by atoms with Crippen molar-refractivity contribution < 1.29 is 9.53 Å². The molecule has 4 nitrogen and oxygen atoms in total. The van der Waals surface area contributed by atoms with Crippen LogP contribution in [0.15, 0.2) is 47.2 Å². The molecule has 25 heavy (non-hydrogen) atoms. The topological polar surface area (TPSA) is 51.2 Å². The molecule has 0 radical (unpaired) electrons. The number of aromatic nitrogens is 1. The minimum Gasteiger partial charge on any atom is -0.493 e. The predicted octanol–water partition coefficient (Wildman–Crippen LogP) is 3.78. The number of nitrogens with zero attached hydrogens (tertiary/aromatic N) is 1. The van der Waals surface area contributed by atoms with Crippen LogP contribution in [0.3, 0.4) is 0 Å². The van der Waals surface area contributed by atoms with Gasteiger partial charge in [0.05, 0.1) is 23.6 Å². The number of fused-ring (bicyclic) bond motifs is 1. The van der Waals surface area contributed by atoms with Gasteiger partial charge in [-0.2, -0.15) is 0 Å². The lowest BCUT2D eigenvalue weighted by Crippen LogP contribution is -2.35. The Hall–Kier alpha value is -2.18. The fraction of sp³-hybridized carbons (Fsp3) is 0.263. The van der Waals surface area contributed by atoms with E-state index in [0.29, 0.717) is 25.5 Å². The number of hydrogen-bond acceptors (Lipinski definition) is 5. The van der Waals surface area contributed by atoms with Gasteiger partial charge < -0.3 is 10.1 Å². The average molecular weight is 370 g/mol. The zero-order chi connectivity index (χ0) is 17.1. The number of thiophene rings is 1. The molecular formula is C19H18N2O2S2. The maximum atomic E-state index is 12.2. The van der Waals surface area contributed by atoms with E-state index in [2.05, 4.69) is 16.4 Å². The summed E-state index contributed by atoms with van der Waals surface area (Å²) in [5, 5.41) is 8.01. The van der Waals surface area contributed by atoms with Crippen LogP contribution < -0.4 is 10.1 Å². The molecule has 3 aromatic rings. The van der Waals surface area contributed by atoms with E-state index in [1.165, 1.54) is 5.56 Å². The van der Waals surface area contributed by atoms with Gasteiger partial charge in [0, 0.05) is 17.8 Å². The number of thiazole rings is 1. The molecule has 2 aromatic heterocycles. The van der Waals surface area contributed by atoms with Crippen molar-refractivity contribution in [2.45, 2.75) is 12.8 Å². The van der Waals surface area contributed by atoms with Gasteiger partial charge in [0.25, 0.3) is 0 Å². The smallest absolute Gasteiger partial charge is 0.226 e. The SMILES string of the molecule is O=C(Cc1csc(-c2cccs2)n1)NC[C@H]1COc2ccccc2C1. The molecule has 6 heteroatoms. The van der Waals surface area contributed by atoms with Gasteiger partial charge in [-0.3, -0.25) is 4.79 Å². The number of carbonyl (C=O) groups excluding carboxylic acids is 1. The molecule has 1 amide bonds. The van der Waals surface area contributed by atoms with Gasteiger partial charge in [0.2, 0.25) is 5.91 Å². The molecule has 4 rings (SSSR count). The van der Waals surface area contributed by atoms with Crippen LogP contribution in [-0.2, 0) is 17.6 Å². The highest BCUT2D eigenvalue weighted by atomic mass is 32.1. The number of carbonyl (C=O) groups is 1. The maximum absolute atomic E-state index is 12.2. The fourth-order valence-corrected chi connectivity index (χ4v) is 4.54. The number of nitrogens with one attached hydrogen (secondary N) is 1. The molecule has 1 aliphatic heterocycles. The Morgan fingerprint density at radius 3 is 3.04 bits per heavy atom. The quantitative estimate of drug-likeness (QED) is 0.744. The summed E-state index contributed by atoms with van der Waals surface area (Å²) < 4.78 is 5.77. The summed E-state index contributed by atoms with van der Waals surface area (Å²) in [7, 11) is 0. The summed E-state index contributed by atoms with van der Waals surface area (Å²) in [5.74, 6) is 1.30. The van der Waals surface area contributed by atoms with Gasteiger partial charge in [-0.15, -0.1) is 22.7 Å². The monoisotopic (exact) mass is 370 g/mol. The van der Waals surface area contributed by atoms with E-state index in [4.69, 9.17) is 4.74 Å².